The molecule has 2 heteroatoms. The summed E-state index contributed by atoms with van der Waals surface area (Å²) in [6.07, 6.45) is 4.63. The van der Waals surface area contributed by atoms with Gasteiger partial charge in [0.1, 0.15) is 5.75 Å². The minimum Gasteiger partial charge on any atom is -0.467 e. The molecule has 82 valence electrons. The molecule has 0 N–H and O–H groups in total. The Hall–Kier alpha value is -1.02. The maximum Gasteiger partial charge on any atom is 0.188 e. The first kappa shape index (κ1) is 10.5. The van der Waals surface area contributed by atoms with Crippen LogP contribution < -0.4 is 4.74 Å². The number of aryl methyl sites for hydroxylation is 2. The van der Waals surface area contributed by atoms with Crippen LogP contribution in [0.5, 0.6) is 5.75 Å². The largest absolute Gasteiger partial charge is 0.467 e. The number of hydrogen-bond acceptors (Lipinski definition) is 2. The minimum absolute atomic E-state index is 0.351. The zero-order chi connectivity index (χ0) is 10.7. The van der Waals surface area contributed by atoms with Gasteiger partial charge in [0, 0.05) is 7.11 Å². The fourth-order valence-electron chi connectivity index (χ4n) is 2.26. The summed E-state index contributed by atoms with van der Waals surface area (Å²) in [6, 6.07) is 4.44. The third-order valence-electron chi connectivity index (χ3n) is 3.01. The van der Waals surface area contributed by atoms with Gasteiger partial charge in [-0.1, -0.05) is 19.1 Å². The molecule has 15 heavy (non-hydrogen) atoms. The Morgan fingerprint density at radius 3 is 2.87 bits per heavy atom. The molecular weight excluding hydrogens is 188 g/mol. The minimum atomic E-state index is 0.351. The number of rotatable bonds is 4. The van der Waals surface area contributed by atoms with Crippen LogP contribution in [-0.2, 0) is 24.0 Å². The molecule has 0 amide bonds. The van der Waals surface area contributed by atoms with E-state index in [9.17, 15) is 0 Å². The van der Waals surface area contributed by atoms with Gasteiger partial charge in [0.2, 0.25) is 0 Å². The van der Waals surface area contributed by atoms with Crippen molar-refractivity contribution in [2.75, 3.05) is 13.9 Å². The maximum absolute atomic E-state index is 5.70. The van der Waals surface area contributed by atoms with E-state index >= 15 is 0 Å². The Labute approximate surface area is 91.2 Å². The lowest BCUT2D eigenvalue weighted by molar-refractivity contribution is 0.0498. The van der Waals surface area contributed by atoms with E-state index in [2.05, 4.69) is 19.1 Å². The fourth-order valence-corrected chi connectivity index (χ4v) is 2.26. The molecule has 0 unspecified atom stereocenters. The standard InChI is InChI=1S/C13H18O2/c1-3-10-7-8-11-5-4-6-12(11)13(10)15-9-14-2/h7-8H,3-6,9H2,1-2H3. The van der Waals surface area contributed by atoms with Gasteiger partial charge in [-0.05, 0) is 42.4 Å². The molecule has 1 aromatic rings. The average molecular weight is 206 g/mol. The second-order valence-electron chi connectivity index (χ2n) is 3.95. The molecule has 1 aliphatic rings. The Bertz CT molecular complexity index is 345. The highest BCUT2D eigenvalue weighted by atomic mass is 16.7. The van der Waals surface area contributed by atoms with Crippen LogP contribution in [0, 0.1) is 0 Å². The topological polar surface area (TPSA) is 18.5 Å². The molecule has 1 aromatic carbocycles. The predicted octanol–water partition coefficient (Wildman–Crippen LogP) is 2.72. The van der Waals surface area contributed by atoms with Gasteiger partial charge in [0.15, 0.2) is 6.79 Å². The van der Waals surface area contributed by atoms with Crippen LogP contribution in [0.4, 0.5) is 0 Å². The van der Waals surface area contributed by atoms with Crippen molar-refractivity contribution in [3.8, 4) is 5.75 Å². The van der Waals surface area contributed by atoms with Crippen LogP contribution in [0.15, 0.2) is 12.1 Å². The molecule has 0 radical (unpaired) electrons. The monoisotopic (exact) mass is 206 g/mol. The lowest BCUT2D eigenvalue weighted by Gasteiger charge is -2.14. The van der Waals surface area contributed by atoms with E-state index < -0.39 is 0 Å². The highest BCUT2D eigenvalue weighted by Gasteiger charge is 2.18. The van der Waals surface area contributed by atoms with Crippen molar-refractivity contribution in [3.05, 3.63) is 28.8 Å². The first-order valence-electron chi connectivity index (χ1n) is 5.62. The van der Waals surface area contributed by atoms with Crippen LogP contribution in [-0.4, -0.2) is 13.9 Å². The number of benzene rings is 1. The second kappa shape index (κ2) is 4.67. The van der Waals surface area contributed by atoms with Crippen LogP contribution >= 0.6 is 0 Å². The average Bonchev–Trinajstić information content (AvgIpc) is 2.73. The van der Waals surface area contributed by atoms with Crippen molar-refractivity contribution < 1.29 is 9.47 Å². The van der Waals surface area contributed by atoms with E-state index in [1.165, 1.54) is 29.5 Å². The molecule has 0 fully saturated rings. The lowest BCUT2D eigenvalue weighted by atomic mass is 10.0. The lowest BCUT2D eigenvalue weighted by Crippen LogP contribution is -2.04. The molecular formula is C13H18O2. The normalized spacial score (nSPS) is 14.0. The highest BCUT2D eigenvalue weighted by molar-refractivity contribution is 5.48. The smallest absolute Gasteiger partial charge is 0.188 e. The van der Waals surface area contributed by atoms with Gasteiger partial charge in [-0.3, -0.25) is 0 Å². The Morgan fingerprint density at radius 1 is 1.27 bits per heavy atom. The Morgan fingerprint density at radius 2 is 2.13 bits per heavy atom. The van der Waals surface area contributed by atoms with Crippen molar-refractivity contribution in [1.29, 1.82) is 0 Å². The van der Waals surface area contributed by atoms with Crippen molar-refractivity contribution in [2.45, 2.75) is 32.6 Å². The summed E-state index contributed by atoms with van der Waals surface area (Å²) >= 11 is 0. The van der Waals surface area contributed by atoms with Gasteiger partial charge in [-0.2, -0.15) is 0 Å². The fraction of sp³-hybridized carbons (Fsp3) is 0.538. The molecule has 2 rings (SSSR count). The molecule has 0 saturated heterocycles. The van der Waals surface area contributed by atoms with Crippen molar-refractivity contribution >= 4 is 0 Å². The number of methoxy groups -OCH3 is 1. The maximum atomic E-state index is 5.70. The Balaban J connectivity index is 2.34. The first-order chi connectivity index (χ1) is 7.36. The van der Waals surface area contributed by atoms with Gasteiger partial charge in [0.05, 0.1) is 0 Å². The van der Waals surface area contributed by atoms with E-state index in [-0.39, 0.29) is 0 Å². The first-order valence-corrected chi connectivity index (χ1v) is 5.62. The zero-order valence-corrected chi connectivity index (χ0v) is 9.51. The SMILES string of the molecule is CCc1ccc2c(c1OCOC)CCC2. The molecule has 0 spiro atoms. The summed E-state index contributed by atoms with van der Waals surface area (Å²) < 4.78 is 10.7. The van der Waals surface area contributed by atoms with E-state index in [0.29, 0.717) is 6.79 Å². The van der Waals surface area contributed by atoms with E-state index in [1.54, 1.807) is 7.11 Å². The van der Waals surface area contributed by atoms with Gasteiger partial charge in [-0.25, -0.2) is 0 Å². The third kappa shape index (κ3) is 2.00. The zero-order valence-electron chi connectivity index (χ0n) is 9.51. The van der Waals surface area contributed by atoms with E-state index in [1.807, 2.05) is 0 Å². The summed E-state index contributed by atoms with van der Waals surface area (Å²) in [7, 11) is 1.66. The third-order valence-corrected chi connectivity index (χ3v) is 3.01. The van der Waals surface area contributed by atoms with Gasteiger partial charge < -0.3 is 9.47 Å². The molecule has 0 aromatic heterocycles. The van der Waals surface area contributed by atoms with Crippen LogP contribution in [0.3, 0.4) is 0 Å². The number of hydrogen-bond donors (Lipinski definition) is 0. The van der Waals surface area contributed by atoms with Gasteiger partial charge in [-0.15, -0.1) is 0 Å². The van der Waals surface area contributed by atoms with Gasteiger partial charge >= 0.3 is 0 Å². The summed E-state index contributed by atoms with van der Waals surface area (Å²) in [4.78, 5) is 0. The summed E-state index contributed by atoms with van der Waals surface area (Å²) in [5.41, 5.74) is 4.16. The van der Waals surface area contributed by atoms with Crippen LogP contribution in [0.25, 0.3) is 0 Å². The molecule has 0 heterocycles. The van der Waals surface area contributed by atoms with Crippen molar-refractivity contribution in [1.82, 2.24) is 0 Å². The molecule has 0 aliphatic heterocycles. The van der Waals surface area contributed by atoms with E-state index in [4.69, 9.17) is 9.47 Å². The van der Waals surface area contributed by atoms with Crippen LogP contribution in [0.1, 0.15) is 30.0 Å². The van der Waals surface area contributed by atoms with Crippen LogP contribution in [0.2, 0.25) is 0 Å². The molecule has 0 saturated carbocycles. The molecule has 0 bridgehead atoms. The van der Waals surface area contributed by atoms with Gasteiger partial charge in [0.25, 0.3) is 0 Å². The quantitative estimate of drug-likeness (QED) is 0.705. The summed E-state index contributed by atoms with van der Waals surface area (Å²) in [6.45, 7) is 2.51. The highest BCUT2D eigenvalue weighted by Crippen LogP contribution is 2.34. The number of ether oxygens (including phenoxy) is 2. The molecule has 0 atom stereocenters. The van der Waals surface area contributed by atoms with Crippen molar-refractivity contribution in [3.63, 3.8) is 0 Å². The van der Waals surface area contributed by atoms with Crippen molar-refractivity contribution in [2.24, 2.45) is 0 Å². The predicted molar refractivity (Wildman–Crippen MR) is 60.3 cm³/mol. The summed E-state index contributed by atoms with van der Waals surface area (Å²) in [5, 5.41) is 0. The Kier molecular flexibility index (Phi) is 3.27. The second-order valence-corrected chi connectivity index (χ2v) is 3.95. The molecule has 2 nitrogen and oxygen atoms in total. The summed E-state index contributed by atoms with van der Waals surface area (Å²) in [5.74, 6) is 1.08. The number of fused-ring (bicyclic) bond motifs is 1. The van der Waals surface area contributed by atoms with E-state index in [0.717, 1.165) is 18.6 Å². The molecule has 1 aliphatic carbocycles.